The first kappa shape index (κ1) is 28.6. The van der Waals surface area contributed by atoms with E-state index < -0.39 is 5.54 Å². The van der Waals surface area contributed by atoms with Crippen molar-refractivity contribution in [2.45, 2.75) is 45.2 Å². The lowest BCUT2D eigenvalue weighted by molar-refractivity contribution is -0.128. The van der Waals surface area contributed by atoms with Crippen LogP contribution in [0.25, 0.3) is 16.9 Å². The van der Waals surface area contributed by atoms with Gasteiger partial charge in [-0.05, 0) is 75.7 Å². The molecule has 1 aliphatic heterocycles. The highest BCUT2D eigenvalue weighted by molar-refractivity contribution is 5.97. The molecule has 216 valence electrons. The summed E-state index contributed by atoms with van der Waals surface area (Å²) in [6, 6.07) is 18.5. The number of carbonyl (C=O) groups is 1. The molecular formula is C31H34N8O3. The molecule has 0 radical (unpaired) electrons. The minimum Gasteiger partial charge on any atom is -0.457 e. The summed E-state index contributed by atoms with van der Waals surface area (Å²) in [5, 5.41) is 13.0. The number of nitrogens with zero attached hydrogens (tertiary/aromatic N) is 6. The van der Waals surface area contributed by atoms with Crippen LogP contribution in [0.2, 0.25) is 0 Å². The van der Waals surface area contributed by atoms with E-state index in [-0.39, 0.29) is 29.0 Å². The van der Waals surface area contributed by atoms with Crippen LogP contribution in [0, 0.1) is 11.3 Å². The number of fused-ring (bicyclic) bond motifs is 1. The van der Waals surface area contributed by atoms with Gasteiger partial charge in [-0.2, -0.15) is 5.26 Å². The van der Waals surface area contributed by atoms with Gasteiger partial charge in [0.1, 0.15) is 35.0 Å². The summed E-state index contributed by atoms with van der Waals surface area (Å²) < 4.78 is 9.08. The van der Waals surface area contributed by atoms with Gasteiger partial charge in [-0.3, -0.25) is 13.9 Å². The van der Waals surface area contributed by atoms with E-state index in [0.717, 1.165) is 0 Å². The molecule has 2 aromatic heterocycles. The Labute approximate surface area is 243 Å². The minimum atomic E-state index is -0.492. The van der Waals surface area contributed by atoms with E-state index in [1.807, 2.05) is 51.1 Å². The molecule has 0 bridgehead atoms. The summed E-state index contributed by atoms with van der Waals surface area (Å²) in [7, 11) is 0. The molecule has 1 aliphatic rings. The van der Waals surface area contributed by atoms with Gasteiger partial charge in [0, 0.05) is 24.7 Å². The number of imidazole rings is 1. The molecule has 5 rings (SSSR count). The number of nitrogen functional groups attached to an aromatic ring is 1. The quantitative estimate of drug-likeness (QED) is 0.241. The van der Waals surface area contributed by atoms with Gasteiger partial charge in [-0.1, -0.05) is 25.1 Å². The number of piperidine rings is 1. The largest absolute Gasteiger partial charge is 0.457 e. The first-order valence-electron chi connectivity index (χ1n) is 14.0. The first-order valence-corrected chi connectivity index (χ1v) is 14.0. The number of likely N-dealkylation sites (tertiary alicyclic amines) is 1. The molecule has 11 heteroatoms. The predicted octanol–water partition coefficient (Wildman–Crippen LogP) is 3.96. The molecule has 2 aromatic carbocycles. The number of rotatable bonds is 8. The second kappa shape index (κ2) is 11.9. The highest BCUT2D eigenvalue weighted by Crippen LogP contribution is 2.29. The van der Waals surface area contributed by atoms with Crippen molar-refractivity contribution in [3.8, 4) is 23.3 Å². The predicted molar refractivity (Wildman–Crippen MR) is 160 cm³/mol. The molecule has 3 heterocycles. The van der Waals surface area contributed by atoms with Gasteiger partial charge < -0.3 is 20.7 Å². The molecule has 1 saturated heterocycles. The van der Waals surface area contributed by atoms with Crippen LogP contribution in [0.3, 0.4) is 0 Å². The Balaban J connectivity index is 1.41. The number of carbonyl (C=O) groups excluding carboxylic acids is 1. The Hall–Kier alpha value is -4.95. The average Bonchev–Trinajstić information content (AvgIpc) is 3.29. The second-order valence-corrected chi connectivity index (χ2v) is 10.8. The van der Waals surface area contributed by atoms with E-state index in [4.69, 9.17) is 10.5 Å². The number of nitriles is 1. The molecule has 1 fully saturated rings. The molecule has 42 heavy (non-hydrogen) atoms. The van der Waals surface area contributed by atoms with Gasteiger partial charge in [0.05, 0.1) is 5.69 Å². The summed E-state index contributed by atoms with van der Waals surface area (Å²) in [6.45, 7) is 7.33. The summed E-state index contributed by atoms with van der Waals surface area (Å²) >= 11 is 0. The van der Waals surface area contributed by atoms with E-state index in [1.165, 1.54) is 10.9 Å². The first-order chi connectivity index (χ1) is 20.2. The van der Waals surface area contributed by atoms with Crippen molar-refractivity contribution >= 4 is 22.9 Å². The van der Waals surface area contributed by atoms with Crippen molar-refractivity contribution in [1.29, 1.82) is 5.26 Å². The molecule has 0 atom stereocenters. The van der Waals surface area contributed by atoms with Gasteiger partial charge in [0.15, 0.2) is 11.5 Å². The topological polar surface area (TPSA) is 144 Å². The number of nitrogens with one attached hydrogen (secondary N) is 1. The van der Waals surface area contributed by atoms with Crippen LogP contribution in [-0.4, -0.2) is 55.1 Å². The third kappa shape index (κ3) is 5.75. The third-order valence-corrected chi connectivity index (χ3v) is 7.36. The third-order valence-electron chi connectivity index (χ3n) is 7.36. The van der Waals surface area contributed by atoms with Crippen LogP contribution in [0.1, 0.15) is 39.7 Å². The van der Waals surface area contributed by atoms with Crippen molar-refractivity contribution in [2.24, 2.45) is 0 Å². The fourth-order valence-corrected chi connectivity index (χ4v) is 5.43. The lowest BCUT2D eigenvalue weighted by Crippen LogP contribution is -2.42. The Morgan fingerprint density at radius 2 is 1.79 bits per heavy atom. The molecule has 11 nitrogen and oxygen atoms in total. The summed E-state index contributed by atoms with van der Waals surface area (Å²) in [5.41, 5.74) is 7.07. The van der Waals surface area contributed by atoms with E-state index in [1.54, 1.807) is 39.8 Å². The smallest absolute Gasteiger partial charge is 0.335 e. The van der Waals surface area contributed by atoms with Crippen molar-refractivity contribution < 1.29 is 9.53 Å². The van der Waals surface area contributed by atoms with Crippen molar-refractivity contribution in [3.63, 3.8) is 0 Å². The standard InChI is InChI=1S/C31H34N8O3/c1-4-36-31(2,3)18-21(19-32)29(40)37-16-14-23(15-17-37)39-28-26(27(33)34-20-35-28)38(30(39)41)22-10-12-25(13-11-22)42-24-8-6-5-7-9-24/h5-13,18,20,23,36H,4,14-17H2,1-3H3,(H2,33,34,35). The summed E-state index contributed by atoms with van der Waals surface area (Å²) in [4.78, 5) is 37.4. The SMILES string of the molecule is CCNC(C)(C)C=C(C#N)C(=O)N1CCC(n2c(=O)n(-c3ccc(Oc4ccccc4)cc3)c3c(N)ncnc32)CC1. The number of para-hydroxylation sites is 1. The number of aromatic nitrogens is 4. The highest BCUT2D eigenvalue weighted by Gasteiger charge is 2.31. The van der Waals surface area contributed by atoms with Gasteiger partial charge in [0.2, 0.25) is 0 Å². The Bertz CT molecular complexity index is 1710. The second-order valence-electron chi connectivity index (χ2n) is 10.8. The van der Waals surface area contributed by atoms with Gasteiger partial charge in [-0.15, -0.1) is 0 Å². The summed E-state index contributed by atoms with van der Waals surface area (Å²) in [5.74, 6) is 1.23. The molecule has 4 aromatic rings. The number of nitrogens with two attached hydrogens (primary N) is 1. The molecular weight excluding hydrogens is 532 g/mol. The van der Waals surface area contributed by atoms with E-state index in [9.17, 15) is 14.9 Å². The van der Waals surface area contributed by atoms with Gasteiger partial charge in [0.25, 0.3) is 5.91 Å². The zero-order chi connectivity index (χ0) is 29.9. The minimum absolute atomic E-state index is 0.105. The zero-order valence-electron chi connectivity index (χ0n) is 23.9. The number of ether oxygens (including phenoxy) is 1. The van der Waals surface area contributed by atoms with Crippen molar-refractivity contribution in [2.75, 3.05) is 25.4 Å². The van der Waals surface area contributed by atoms with Crippen LogP contribution in [-0.2, 0) is 4.79 Å². The zero-order valence-corrected chi connectivity index (χ0v) is 23.9. The number of amides is 1. The lowest BCUT2D eigenvalue weighted by Gasteiger charge is -2.32. The van der Waals surface area contributed by atoms with E-state index in [0.29, 0.717) is 60.8 Å². The van der Waals surface area contributed by atoms with Gasteiger partial charge >= 0.3 is 5.69 Å². The van der Waals surface area contributed by atoms with Crippen LogP contribution in [0.15, 0.2) is 77.4 Å². The maximum absolute atomic E-state index is 13.9. The fourth-order valence-electron chi connectivity index (χ4n) is 5.43. The number of hydrogen-bond donors (Lipinski definition) is 2. The Morgan fingerprint density at radius 1 is 1.12 bits per heavy atom. The Morgan fingerprint density at radius 3 is 2.43 bits per heavy atom. The Kier molecular flexibility index (Phi) is 8.08. The highest BCUT2D eigenvalue weighted by atomic mass is 16.5. The molecule has 0 aliphatic carbocycles. The maximum atomic E-state index is 13.9. The lowest BCUT2D eigenvalue weighted by atomic mass is 9.99. The fraction of sp³-hybridized carbons (Fsp3) is 0.323. The summed E-state index contributed by atoms with van der Waals surface area (Å²) in [6.07, 6.45) is 4.07. The molecule has 1 amide bonds. The molecule has 3 N–H and O–H groups in total. The number of likely N-dealkylation sites (N-methyl/N-ethyl adjacent to an activating group) is 1. The molecule has 0 spiro atoms. The van der Waals surface area contributed by atoms with E-state index >= 15 is 0 Å². The molecule has 0 unspecified atom stereocenters. The number of hydrogen-bond acceptors (Lipinski definition) is 8. The average molecular weight is 567 g/mol. The number of anilines is 1. The van der Waals surface area contributed by atoms with Crippen molar-refractivity contribution in [1.82, 2.24) is 29.3 Å². The van der Waals surface area contributed by atoms with Crippen LogP contribution in [0.4, 0.5) is 5.82 Å². The normalized spacial score (nSPS) is 14.6. The number of benzene rings is 2. The van der Waals surface area contributed by atoms with Gasteiger partial charge in [-0.25, -0.2) is 14.8 Å². The van der Waals surface area contributed by atoms with Crippen molar-refractivity contribution in [3.05, 3.63) is 83.1 Å². The monoisotopic (exact) mass is 566 g/mol. The van der Waals surface area contributed by atoms with Crippen LogP contribution >= 0.6 is 0 Å². The van der Waals surface area contributed by atoms with E-state index in [2.05, 4.69) is 21.4 Å². The van der Waals surface area contributed by atoms with Crippen LogP contribution < -0.4 is 21.5 Å². The molecule has 0 saturated carbocycles. The van der Waals surface area contributed by atoms with Crippen LogP contribution in [0.5, 0.6) is 11.5 Å². The maximum Gasteiger partial charge on any atom is 0.335 e.